The highest BCUT2D eigenvalue weighted by atomic mass is 35.5. The number of fused-ring (bicyclic) bond motifs is 3. The summed E-state index contributed by atoms with van der Waals surface area (Å²) in [6.45, 7) is 0.543. The molecular weight excluding hydrogens is 508 g/mol. The van der Waals surface area contributed by atoms with E-state index < -0.39 is 23.6 Å². The molecule has 4 aromatic rings. The Labute approximate surface area is 222 Å². The summed E-state index contributed by atoms with van der Waals surface area (Å²) in [6.07, 6.45) is 5.19. The van der Waals surface area contributed by atoms with Crippen LogP contribution < -0.4 is 11.1 Å². The molecule has 2 aromatic carbocycles. The topological polar surface area (TPSA) is 132 Å². The van der Waals surface area contributed by atoms with E-state index in [1.54, 1.807) is 64.6 Å². The van der Waals surface area contributed by atoms with Gasteiger partial charge < -0.3 is 15.4 Å². The number of likely N-dealkylation sites (tertiary alicyclic amines) is 1. The van der Waals surface area contributed by atoms with Crippen LogP contribution in [0.4, 0.5) is 10.5 Å². The fraction of sp³-hybridized carbons (Fsp3) is 0.222. The van der Waals surface area contributed by atoms with Crippen LogP contribution in [0.15, 0.2) is 67.1 Å². The molecule has 0 unspecified atom stereocenters. The summed E-state index contributed by atoms with van der Waals surface area (Å²) in [5.41, 5.74) is 7.70. The maximum absolute atomic E-state index is 14.2. The molecule has 0 saturated carbocycles. The van der Waals surface area contributed by atoms with Gasteiger partial charge in [-0.15, -0.1) is 0 Å². The van der Waals surface area contributed by atoms with E-state index in [9.17, 15) is 14.4 Å². The van der Waals surface area contributed by atoms with E-state index in [2.05, 4.69) is 15.4 Å². The Balaban J connectivity index is 1.38. The third-order valence-electron chi connectivity index (χ3n) is 7.18. The Hall–Kier alpha value is -4.44. The van der Waals surface area contributed by atoms with Crippen molar-refractivity contribution >= 4 is 46.1 Å². The van der Waals surface area contributed by atoms with Crippen molar-refractivity contribution in [2.24, 2.45) is 5.73 Å². The number of primary amides is 1. The van der Waals surface area contributed by atoms with Gasteiger partial charge in [0.15, 0.2) is 5.60 Å². The molecule has 1 saturated heterocycles. The molecule has 4 heterocycles. The van der Waals surface area contributed by atoms with Crippen LogP contribution in [0.25, 0.3) is 10.9 Å². The Morgan fingerprint density at radius 1 is 1.16 bits per heavy atom. The van der Waals surface area contributed by atoms with E-state index in [0.29, 0.717) is 41.2 Å². The molecule has 0 radical (unpaired) electrons. The molecule has 2 aliphatic heterocycles. The number of amides is 3. The van der Waals surface area contributed by atoms with E-state index in [0.717, 1.165) is 16.5 Å². The van der Waals surface area contributed by atoms with Crippen LogP contribution in [-0.4, -0.2) is 50.7 Å². The van der Waals surface area contributed by atoms with Gasteiger partial charge in [0.05, 0.1) is 23.9 Å². The Morgan fingerprint density at radius 2 is 1.97 bits per heavy atom. The molecular formula is C27H23ClN6O4. The molecule has 3 amide bonds. The van der Waals surface area contributed by atoms with Gasteiger partial charge in [-0.1, -0.05) is 17.7 Å². The fourth-order valence-corrected chi connectivity index (χ4v) is 5.49. The first-order valence-electron chi connectivity index (χ1n) is 12.1. The van der Waals surface area contributed by atoms with Crippen LogP contribution in [0.2, 0.25) is 5.02 Å². The number of ether oxygens (including phenoxy) is 1. The van der Waals surface area contributed by atoms with Crippen LogP contribution in [-0.2, 0) is 21.6 Å². The fourth-order valence-electron chi connectivity index (χ4n) is 5.31. The third-order valence-corrected chi connectivity index (χ3v) is 7.42. The molecule has 10 nitrogen and oxygen atoms in total. The zero-order valence-electron chi connectivity index (χ0n) is 20.1. The largest absolute Gasteiger partial charge is 0.436 e. The molecule has 38 heavy (non-hydrogen) atoms. The monoisotopic (exact) mass is 530 g/mol. The summed E-state index contributed by atoms with van der Waals surface area (Å²) >= 11 is 6.27. The van der Waals surface area contributed by atoms with E-state index in [1.807, 2.05) is 12.1 Å². The highest BCUT2D eigenvalue weighted by Crippen LogP contribution is 2.44. The Morgan fingerprint density at radius 3 is 2.76 bits per heavy atom. The van der Waals surface area contributed by atoms with Gasteiger partial charge in [0, 0.05) is 53.3 Å². The summed E-state index contributed by atoms with van der Waals surface area (Å²) in [5, 5.41) is 8.54. The van der Waals surface area contributed by atoms with E-state index in [-0.39, 0.29) is 12.5 Å². The summed E-state index contributed by atoms with van der Waals surface area (Å²) in [6, 6.07) is 13.2. The maximum Gasteiger partial charge on any atom is 0.412 e. The van der Waals surface area contributed by atoms with Crippen molar-refractivity contribution < 1.29 is 19.1 Å². The second-order valence-electron chi connectivity index (χ2n) is 9.51. The number of hydrogen-bond donors (Lipinski definition) is 2. The van der Waals surface area contributed by atoms with Crippen molar-refractivity contribution in [2.75, 3.05) is 18.4 Å². The van der Waals surface area contributed by atoms with Gasteiger partial charge in [-0.2, -0.15) is 5.10 Å². The quantitative estimate of drug-likeness (QED) is 0.404. The normalized spacial score (nSPS) is 19.2. The minimum absolute atomic E-state index is 0.172. The molecule has 3 N–H and O–H groups in total. The molecule has 2 aliphatic rings. The van der Waals surface area contributed by atoms with Gasteiger partial charge in [-0.05, 0) is 48.0 Å². The molecule has 1 spiro atoms. The Kier molecular flexibility index (Phi) is 5.76. The van der Waals surface area contributed by atoms with Gasteiger partial charge in [-0.25, -0.2) is 4.79 Å². The van der Waals surface area contributed by atoms with Crippen molar-refractivity contribution in [1.29, 1.82) is 0 Å². The number of pyridine rings is 1. The third kappa shape index (κ3) is 4.12. The van der Waals surface area contributed by atoms with Crippen LogP contribution >= 0.6 is 11.6 Å². The van der Waals surface area contributed by atoms with E-state index >= 15 is 0 Å². The summed E-state index contributed by atoms with van der Waals surface area (Å²) in [5.74, 6) is -0.755. The number of nitrogens with one attached hydrogen (secondary N) is 1. The maximum atomic E-state index is 14.2. The first kappa shape index (κ1) is 23.9. The lowest BCUT2D eigenvalue weighted by atomic mass is 9.90. The highest BCUT2D eigenvalue weighted by Gasteiger charge is 2.49. The molecule has 2 aromatic heterocycles. The number of nitrogens with two attached hydrogens (primary N) is 1. The Bertz CT molecular complexity index is 1590. The standard InChI is InChI=1S/C27H23ClN6O4/c28-19-3-4-21-20(13-19)27(38-26(37)32-21)7-10-33(15-27)25(36)23(11-16-5-8-30-9-6-16)34-22-12-17(24(29)35)1-2-18(22)14-31-34/h1-6,8-9,12-14,23H,7,10-11,15H2,(H2,29,35)(H,32,37)/t23-,27-/m0/s1. The lowest BCUT2D eigenvalue weighted by Gasteiger charge is -2.35. The van der Waals surface area contributed by atoms with Crippen LogP contribution in [0.5, 0.6) is 0 Å². The second-order valence-corrected chi connectivity index (χ2v) is 9.95. The molecule has 0 aliphatic carbocycles. The zero-order valence-corrected chi connectivity index (χ0v) is 20.9. The first-order chi connectivity index (χ1) is 18.3. The van der Waals surface area contributed by atoms with E-state index in [1.165, 1.54) is 0 Å². The number of benzene rings is 2. The van der Waals surface area contributed by atoms with Gasteiger partial charge in [0.25, 0.3) is 0 Å². The number of carbonyl (C=O) groups is 3. The smallest absolute Gasteiger partial charge is 0.412 e. The van der Waals surface area contributed by atoms with Gasteiger partial charge in [-0.3, -0.25) is 24.6 Å². The van der Waals surface area contributed by atoms with Crippen LogP contribution in [0.1, 0.15) is 33.9 Å². The molecule has 2 atom stereocenters. The molecule has 1 fully saturated rings. The number of rotatable bonds is 5. The average Bonchev–Trinajstić information content (AvgIpc) is 3.52. The number of carbonyl (C=O) groups excluding carboxylic acids is 3. The van der Waals surface area contributed by atoms with Gasteiger partial charge >= 0.3 is 6.09 Å². The van der Waals surface area contributed by atoms with Gasteiger partial charge in [0.2, 0.25) is 11.8 Å². The number of halogens is 1. The minimum Gasteiger partial charge on any atom is -0.436 e. The van der Waals surface area contributed by atoms with Crippen LogP contribution in [0, 0.1) is 0 Å². The molecule has 0 bridgehead atoms. The number of anilines is 1. The minimum atomic E-state index is -1.01. The summed E-state index contributed by atoms with van der Waals surface area (Å²) in [4.78, 5) is 44.2. The molecule has 11 heteroatoms. The predicted molar refractivity (Wildman–Crippen MR) is 140 cm³/mol. The number of aromatic nitrogens is 3. The zero-order chi connectivity index (χ0) is 26.4. The summed E-state index contributed by atoms with van der Waals surface area (Å²) in [7, 11) is 0. The van der Waals surface area contributed by atoms with Crippen molar-refractivity contribution in [2.45, 2.75) is 24.5 Å². The highest BCUT2D eigenvalue weighted by molar-refractivity contribution is 6.30. The van der Waals surface area contributed by atoms with E-state index in [4.69, 9.17) is 22.1 Å². The first-order valence-corrected chi connectivity index (χ1v) is 12.5. The van der Waals surface area contributed by atoms with Crippen molar-refractivity contribution in [3.63, 3.8) is 0 Å². The van der Waals surface area contributed by atoms with Crippen molar-refractivity contribution in [1.82, 2.24) is 19.7 Å². The molecule has 6 rings (SSSR count). The van der Waals surface area contributed by atoms with Crippen LogP contribution in [0.3, 0.4) is 0 Å². The SMILES string of the molecule is NC(=O)c1ccc2cnn([C@@H](Cc3ccncc3)C(=O)N3CC[C@@]4(C3)OC(=O)Nc3ccc(Cl)cc34)c2c1. The lowest BCUT2D eigenvalue weighted by molar-refractivity contribution is -0.135. The van der Waals surface area contributed by atoms with Crippen molar-refractivity contribution in [3.8, 4) is 0 Å². The number of nitrogens with zero attached hydrogens (tertiary/aromatic N) is 4. The summed E-state index contributed by atoms with van der Waals surface area (Å²) < 4.78 is 7.45. The second kappa shape index (κ2) is 9.14. The van der Waals surface area contributed by atoms with Crippen molar-refractivity contribution in [3.05, 3.63) is 88.8 Å². The molecule has 192 valence electrons. The average molecular weight is 531 g/mol. The van der Waals surface area contributed by atoms with Gasteiger partial charge in [0.1, 0.15) is 6.04 Å². The number of hydrogen-bond acceptors (Lipinski definition) is 6. The predicted octanol–water partition coefficient (Wildman–Crippen LogP) is 3.66. The lowest BCUT2D eigenvalue weighted by Crippen LogP contribution is -2.44.